The van der Waals surface area contributed by atoms with E-state index in [-0.39, 0.29) is 13.0 Å². The Kier molecular flexibility index (Phi) is 6.91. The molecule has 25 heavy (non-hydrogen) atoms. The Morgan fingerprint density at radius 2 is 1.80 bits per heavy atom. The van der Waals surface area contributed by atoms with Gasteiger partial charge in [0.1, 0.15) is 11.3 Å². The molecule has 0 aliphatic heterocycles. The minimum Gasteiger partial charge on any atom is -0.462 e. The van der Waals surface area contributed by atoms with Crippen molar-refractivity contribution in [1.82, 2.24) is 4.72 Å². The highest BCUT2D eigenvalue weighted by atomic mass is 32.2. The summed E-state index contributed by atoms with van der Waals surface area (Å²) < 4.78 is 82.9. The zero-order chi connectivity index (χ0) is 19.2. The first-order valence-electron chi connectivity index (χ1n) is 6.36. The topological polar surface area (TPSA) is 121 Å². The summed E-state index contributed by atoms with van der Waals surface area (Å²) in [5.74, 6) is -9.99. The molecule has 0 heterocycles. The minimum absolute atomic E-state index is 0.0934. The van der Waals surface area contributed by atoms with E-state index in [9.17, 15) is 30.8 Å². The second-order valence-corrected chi connectivity index (χ2v) is 5.98. The van der Waals surface area contributed by atoms with Crippen LogP contribution in [0.2, 0.25) is 0 Å². The Hall–Kier alpha value is -2.63. The summed E-state index contributed by atoms with van der Waals surface area (Å²) >= 11 is 0. The van der Waals surface area contributed by atoms with Gasteiger partial charge in [-0.25, -0.2) is 35.5 Å². The molecule has 0 aliphatic rings. The Balaban J connectivity index is 2.86. The lowest BCUT2D eigenvalue weighted by Gasteiger charge is -2.09. The molecule has 1 rings (SSSR count). The van der Waals surface area contributed by atoms with Crippen molar-refractivity contribution in [3.05, 3.63) is 51.3 Å². The smallest absolute Gasteiger partial charge is 0.344 e. The van der Waals surface area contributed by atoms with E-state index < -0.39 is 57.1 Å². The highest BCUT2D eigenvalue weighted by Crippen LogP contribution is 2.30. The summed E-state index contributed by atoms with van der Waals surface area (Å²) in [5, 5.41) is 3.11. The highest BCUT2D eigenvalue weighted by molar-refractivity contribution is 7.92. The number of carbonyl (C=O) groups excluding carboxylic acids is 1. The summed E-state index contributed by atoms with van der Waals surface area (Å²) in [6.07, 6.45) is -0.0934. The van der Waals surface area contributed by atoms with E-state index in [0.717, 1.165) is 0 Å². The maximum absolute atomic E-state index is 13.7. The SMILES string of the molecule is C=CS(=O)(=O)NCCCOC(=O)c1c(F)c(F)c(N=[N+]=[N-])c(F)c1F. The number of carbonyl (C=O) groups is 1. The van der Waals surface area contributed by atoms with E-state index in [1.807, 2.05) is 9.63 Å². The Bertz CT molecular complexity index is 824. The van der Waals surface area contributed by atoms with Gasteiger partial charge in [0.15, 0.2) is 23.3 Å². The van der Waals surface area contributed by atoms with Crippen LogP contribution in [0, 0.1) is 23.3 Å². The third-order valence-corrected chi connectivity index (χ3v) is 3.71. The monoisotopic (exact) mass is 382 g/mol. The van der Waals surface area contributed by atoms with Crippen LogP contribution in [0.3, 0.4) is 0 Å². The molecule has 0 saturated carbocycles. The number of sulfonamides is 1. The van der Waals surface area contributed by atoms with Gasteiger partial charge in [-0.3, -0.25) is 0 Å². The van der Waals surface area contributed by atoms with Gasteiger partial charge in [-0.2, -0.15) is 0 Å². The van der Waals surface area contributed by atoms with Crippen molar-refractivity contribution < 1.29 is 35.5 Å². The Morgan fingerprint density at radius 1 is 1.24 bits per heavy atom. The van der Waals surface area contributed by atoms with Gasteiger partial charge in [0, 0.05) is 16.9 Å². The zero-order valence-electron chi connectivity index (χ0n) is 12.3. The average molecular weight is 382 g/mol. The normalized spacial score (nSPS) is 10.9. The standard InChI is InChI=1S/C12H10F4N4O4S/c1-2-25(22,23)18-4-3-5-24-12(21)6-7(13)9(15)11(19-20-17)10(16)8(6)14/h2,18H,1,3-5H2. The third kappa shape index (κ3) is 4.92. The van der Waals surface area contributed by atoms with Gasteiger partial charge in [0.2, 0.25) is 10.0 Å². The molecular formula is C12H10F4N4O4S. The molecule has 0 fully saturated rings. The van der Waals surface area contributed by atoms with E-state index in [2.05, 4.69) is 16.4 Å². The number of ether oxygens (including phenoxy) is 1. The van der Waals surface area contributed by atoms with Crippen LogP contribution in [0.4, 0.5) is 23.2 Å². The van der Waals surface area contributed by atoms with Crippen molar-refractivity contribution in [2.75, 3.05) is 13.2 Å². The maximum atomic E-state index is 13.7. The zero-order valence-corrected chi connectivity index (χ0v) is 13.1. The number of hydrogen-bond donors (Lipinski definition) is 1. The fraction of sp³-hybridized carbons (Fsp3) is 0.250. The molecule has 0 saturated heterocycles. The Morgan fingerprint density at radius 3 is 2.28 bits per heavy atom. The van der Waals surface area contributed by atoms with Crippen LogP contribution < -0.4 is 4.72 Å². The predicted octanol–water partition coefficient (Wildman–Crippen LogP) is 2.79. The number of rotatable bonds is 8. The number of halogens is 4. The van der Waals surface area contributed by atoms with Crippen molar-refractivity contribution in [2.24, 2.45) is 5.11 Å². The molecule has 0 spiro atoms. The number of nitrogens with zero attached hydrogens (tertiary/aromatic N) is 3. The van der Waals surface area contributed by atoms with Crippen LogP contribution in [0.15, 0.2) is 17.1 Å². The van der Waals surface area contributed by atoms with Gasteiger partial charge in [-0.1, -0.05) is 11.7 Å². The van der Waals surface area contributed by atoms with Gasteiger partial charge in [-0.05, 0) is 12.0 Å². The fourth-order valence-electron chi connectivity index (χ4n) is 1.51. The van der Waals surface area contributed by atoms with Crippen LogP contribution in [0.1, 0.15) is 16.8 Å². The molecule has 0 radical (unpaired) electrons. The van der Waals surface area contributed by atoms with Crippen LogP contribution >= 0.6 is 0 Å². The molecular weight excluding hydrogens is 372 g/mol. The number of hydrogen-bond acceptors (Lipinski definition) is 5. The molecule has 13 heteroatoms. The van der Waals surface area contributed by atoms with E-state index in [0.29, 0.717) is 5.41 Å². The summed E-state index contributed by atoms with van der Waals surface area (Å²) in [6.45, 7) is 2.34. The van der Waals surface area contributed by atoms with Crippen molar-refractivity contribution >= 4 is 21.7 Å². The van der Waals surface area contributed by atoms with Crippen molar-refractivity contribution in [2.45, 2.75) is 6.42 Å². The molecule has 1 aromatic rings. The largest absolute Gasteiger partial charge is 0.462 e. The summed E-state index contributed by atoms with van der Waals surface area (Å²) in [7, 11) is -3.69. The minimum atomic E-state index is -3.69. The lowest BCUT2D eigenvalue weighted by molar-refractivity contribution is 0.0488. The van der Waals surface area contributed by atoms with Crippen LogP contribution in [-0.4, -0.2) is 27.5 Å². The van der Waals surface area contributed by atoms with Crippen molar-refractivity contribution in [1.29, 1.82) is 0 Å². The second kappa shape index (κ2) is 8.46. The van der Waals surface area contributed by atoms with E-state index in [4.69, 9.17) is 5.53 Å². The van der Waals surface area contributed by atoms with Crippen molar-refractivity contribution in [3.63, 3.8) is 0 Å². The molecule has 0 atom stereocenters. The fourth-order valence-corrected chi connectivity index (χ4v) is 2.06. The van der Waals surface area contributed by atoms with Crippen LogP contribution in [0.5, 0.6) is 0 Å². The second-order valence-electron chi connectivity index (χ2n) is 4.26. The van der Waals surface area contributed by atoms with E-state index >= 15 is 0 Å². The number of nitrogens with one attached hydrogen (secondary N) is 1. The van der Waals surface area contributed by atoms with Gasteiger partial charge in [0.25, 0.3) is 0 Å². The first kappa shape index (κ1) is 20.4. The molecule has 0 amide bonds. The maximum Gasteiger partial charge on any atom is 0.344 e. The van der Waals surface area contributed by atoms with E-state index in [1.165, 1.54) is 0 Å². The molecule has 0 bridgehead atoms. The molecule has 0 aromatic heterocycles. The summed E-state index contributed by atoms with van der Waals surface area (Å²) in [4.78, 5) is 13.6. The third-order valence-electron chi connectivity index (χ3n) is 2.67. The molecule has 1 N–H and O–H groups in total. The van der Waals surface area contributed by atoms with Crippen LogP contribution in [0.25, 0.3) is 10.4 Å². The van der Waals surface area contributed by atoms with Gasteiger partial charge >= 0.3 is 5.97 Å². The molecule has 1 aromatic carbocycles. The van der Waals surface area contributed by atoms with Gasteiger partial charge in [0.05, 0.1) is 6.61 Å². The molecule has 0 aliphatic carbocycles. The van der Waals surface area contributed by atoms with Gasteiger partial charge < -0.3 is 4.74 Å². The number of azide groups is 1. The average Bonchev–Trinajstić information content (AvgIpc) is 2.56. The number of esters is 1. The van der Waals surface area contributed by atoms with Crippen LogP contribution in [-0.2, 0) is 14.8 Å². The summed E-state index contributed by atoms with van der Waals surface area (Å²) in [6, 6.07) is 0. The number of benzene rings is 1. The molecule has 136 valence electrons. The Labute approximate surface area is 138 Å². The first-order valence-corrected chi connectivity index (χ1v) is 7.91. The first-order chi connectivity index (χ1) is 11.7. The summed E-state index contributed by atoms with van der Waals surface area (Å²) in [5.41, 5.74) is 4.90. The highest BCUT2D eigenvalue weighted by Gasteiger charge is 2.29. The van der Waals surface area contributed by atoms with Crippen molar-refractivity contribution in [3.8, 4) is 0 Å². The lowest BCUT2D eigenvalue weighted by atomic mass is 10.1. The molecule has 0 unspecified atom stereocenters. The quantitative estimate of drug-likeness (QED) is 0.141. The van der Waals surface area contributed by atoms with E-state index in [1.54, 1.807) is 0 Å². The molecule has 8 nitrogen and oxygen atoms in total. The predicted molar refractivity (Wildman–Crippen MR) is 77.1 cm³/mol. The lowest BCUT2D eigenvalue weighted by Crippen LogP contribution is -2.23. The van der Waals surface area contributed by atoms with Gasteiger partial charge in [-0.15, -0.1) is 0 Å².